The van der Waals surface area contributed by atoms with E-state index in [1.165, 1.54) is 77.0 Å². The highest BCUT2D eigenvalue weighted by atomic mass is 16.1. The molecule has 0 saturated heterocycles. The van der Waals surface area contributed by atoms with Crippen LogP contribution < -0.4 is 0 Å². The van der Waals surface area contributed by atoms with Crippen LogP contribution in [0.4, 0.5) is 0 Å². The Labute approximate surface area is 144 Å². The summed E-state index contributed by atoms with van der Waals surface area (Å²) in [6.45, 7) is 2.27. The van der Waals surface area contributed by atoms with Gasteiger partial charge in [-0.15, -0.1) is 0 Å². The summed E-state index contributed by atoms with van der Waals surface area (Å²) in [6.07, 6.45) is 23.1. The van der Waals surface area contributed by atoms with Crippen molar-refractivity contribution < 1.29 is 4.79 Å². The Balaban J connectivity index is 0.000000664. The molecule has 1 rings (SSSR count). The smallest absolute Gasteiger partial charge is 0.119 e. The van der Waals surface area contributed by atoms with Crippen molar-refractivity contribution in [2.45, 2.75) is 96.8 Å². The van der Waals surface area contributed by atoms with Crippen LogP contribution >= 0.6 is 0 Å². The molecule has 0 aliphatic heterocycles. The van der Waals surface area contributed by atoms with Crippen LogP contribution in [-0.4, -0.2) is 11.3 Å². The molecule has 0 aliphatic carbocycles. The molecule has 0 fully saturated rings. The zero-order valence-electron chi connectivity index (χ0n) is 15.2. The van der Waals surface area contributed by atoms with Crippen molar-refractivity contribution in [2.75, 3.05) is 0 Å². The SMILES string of the molecule is CCCCCCCCCCCCCCCC=O.c1ccncc1. The molecule has 0 saturated carbocycles. The fraction of sp³-hybridized carbons (Fsp3) is 0.714. The fourth-order valence-electron chi connectivity index (χ4n) is 2.56. The number of aromatic nitrogens is 1. The Morgan fingerprint density at radius 1 is 0.652 bits per heavy atom. The van der Waals surface area contributed by atoms with E-state index in [4.69, 9.17) is 0 Å². The van der Waals surface area contributed by atoms with E-state index in [1.807, 2.05) is 18.2 Å². The van der Waals surface area contributed by atoms with Gasteiger partial charge in [0.25, 0.3) is 0 Å². The third-order valence-electron chi connectivity index (χ3n) is 3.99. The third-order valence-corrected chi connectivity index (χ3v) is 3.99. The summed E-state index contributed by atoms with van der Waals surface area (Å²) in [5.41, 5.74) is 0. The second-order valence-electron chi connectivity index (χ2n) is 6.22. The molecule has 0 radical (unpaired) electrons. The van der Waals surface area contributed by atoms with Gasteiger partial charge in [0.2, 0.25) is 0 Å². The molecule has 0 aliphatic rings. The van der Waals surface area contributed by atoms with Crippen molar-refractivity contribution >= 4 is 6.29 Å². The maximum Gasteiger partial charge on any atom is 0.119 e. The number of unbranched alkanes of at least 4 members (excludes halogenated alkanes) is 13. The quantitative estimate of drug-likeness (QED) is 0.280. The van der Waals surface area contributed by atoms with Crippen molar-refractivity contribution in [3.8, 4) is 0 Å². The Morgan fingerprint density at radius 2 is 1.09 bits per heavy atom. The van der Waals surface area contributed by atoms with Gasteiger partial charge in [0, 0.05) is 18.8 Å². The predicted molar refractivity (Wildman–Crippen MR) is 101 cm³/mol. The van der Waals surface area contributed by atoms with Gasteiger partial charge >= 0.3 is 0 Å². The highest BCUT2D eigenvalue weighted by Crippen LogP contribution is 2.12. The van der Waals surface area contributed by atoms with E-state index in [0.29, 0.717) is 0 Å². The van der Waals surface area contributed by atoms with Gasteiger partial charge in [0.1, 0.15) is 6.29 Å². The minimum absolute atomic E-state index is 0.762. The number of carbonyl (C=O) groups excluding carboxylic acids is 1. The molecule has 23 heavy (non-hydrogen) atoms. The van der Waals surface area contributed by atoms with Gasteiger partial charge in [0.15, 0.2) is 0 Å². The number of hydrogen-bond acceptors (Lipinski definition) is 2. The van der Waals surface area contributed by atoms with E-state index in [0.717, 1.165) is 19.1 Å². The number of carbonyl (C=O) groups is 1. The summed E-state index contributed by atoms with van der Waals surface area (Å²) < 4.78 is 0. The van der Waals surface area contributed by atoms with Gasteiger partial charge in [-0.05, 0) is 18.6 Å². The van der Waals surface area contributed by atoms with Crippen molar-refractivity contribution in [2.24, 2.45) is 0 Å². The second-order valence-corrected chi connectivity index (χ2v) is 6.22. The average molecular weight is 320 g/mol. The van der Waals surface area contributed by atoms with Gasteiger partial charge in [0.05, 0.1) is 0 Å². The van der Waals surface area contributed by atoms with Gasteiger partial charge in [-0.25, -0.2) is 0 Å². The number of rotatable bonds is 14. The van der Waals surface area contributed by atoms with Crippen LogP contribution in [0.5, 0.6) is 0 Å². The average Bonchev–Trinajstić information content (AvgIpc) is 2.61. The fourth-order valence-corrected chi connectivity index (χ4v) is 2.56. The first-order valence-corrected chi connectivity index (χ1v) is 9.70. The highest BCUT2D eigenvalue weighted by molar-refractivity contribution is 5.48. The highest BCUT2D eigenvalue weighted by Gasteiger charge is 1.93. The zero-order valence-corrected chi connectivity index (χ0v) is 15.2. The molecule has 2 nitrogen and oxygen atoms in total. The van der Waals surface area contributed by atoms with Gasteiger partial charge in [-0.3, -0.25) is 4.98 Å². The Kier molecular flexibility index (Phi) is 19.8. The van der Waals surface area contributed by atoms with Crippen LogP contribution in [0.2, 0.25) is 0 Å². The first-order valence-electron chi connectivity index (χ1n) is 9.70. The number of aldehydes is 1. The summed E-state index contributed by atoms with van der Waals surface area (Å²) in [5, 5.41) is 0. The molecule has 2 heteroatoms. The molecular formula is C21H37NO. The molecule has 132 valence electrons. The maximum atomic E-state index is 10.1. The molecule has 0 N–H and O–H groups in total. The minimum atomic E-state index is 0.762. The lowest BCUT2D eigenvalue weighted by Gasteiger charge is -2.02. The maximum absolute atomic E-state index is 10.1. The zero-order chi connectivity index (χ0) is 16.8. The molecule has 0 amide bonds. The van der Waals surface area contributed by atoms with E-state index in [9.17, 15) is 4.79 Å². The Morgan fingerprint density at radius 3 is 1.39 bits per heavy atom. The molecule has 1 aromatic rings. The van der Waals surface area contributed by atoms with Crippen molar-refractivity contribution in [3.63, 3.8) is 0 Å². The lowest BCUT2D eigenvalue weighted by atomic mass is 10.0. The second kappa shape index (κ2) is 20.8. The van der Waals surface area contributed by atoms with E-state index >= 15 is 0 Å². The molecule has 1 aromatic heterocycles. The molecule has 0 unspecified atom stereocenters. The van der Waals surface area contributed by atoms with Gasteiger partial charge in [-0.1, -0.05) is 90.0 Å². The third kappa shape index (κ3) is 20.8. The normalized spacial score (nSPS) is 9.96. The molecule has 0 bridgehead atoms. The number of pyridine rings is 1. The lowest BCUT2D eigenvalue weighted by molar-refractivity contribution is -0.107. The Bertz CT molecular complexity index is 286. The van der Waals surface area contributed by atoms with Crippen LogP contribution in [0.15, 0.2) is 30.6 Å². The van der Waals surface area contributed by atoms with Crippen LogP contribution in [0.1, 0.15) is 96.8 Å². The van der Waals surface area contributed by atoms with Crippen LogP contribution in [-0.2, 0) is 4.79 Å². The lowest BCUT2D eigenvalue weighted by Crippen LogP contribution is -1.83. The molecule has 1 heterocycles. The van der Waals surface area contributed by atoms with Crippen LogP contribution in [0.25, 0.3) is 0 Å². The van der Waals surface area contributed by atoms with E-state index in [1.54, 1.807) is 12.4 Å². The predicted octanol–water partition coefficient (Wildman–Crippen LogP) is 6.75. The monoisotopic (exact) mass is 319 g/mol. The van der Waals surface area contributed by atoms with E-state index in [2.05, 4.69) is 11.9 Å². The Hall–Kier alpha value is -1.18. The summed E-state index contributed by atoms with van der Waals surface area (Å²) in [5.74, 6) is 0. The number of hydrogen-bond donors (Lipinski definition) is 0. The standard InChI is InChI=1S/C16H32O.C5H5N/c1-2-3-4-5-6-7-8-9-10-11-12-13-14-15-16-17;1-2-4-6-5-3-1/h16H,2-15H2,1H3;1-5H. The molecule has 0 spiro atoms. The first-order chi connectivity index (χ1) is 11.4. The van der Waals surface area contributed by atoms with Crippen LogP contribution in [0, 0.1) is 0 Å². The van der Waals surface area contributed by atoms with E-state index < -0.39 is 0 Å². The van der Waals surface area contributed by atoms with Crippen molar-refractivity contribution in [3.05, 3.63) is 30.6 Å². The largest absolute Gasteiger partial charge is 0.303 e. The van der Waals surface area contributed by atoms with E-state index in [-0.39, 0.29) is 0 Å². The molecule has 0 atom stereocenters. The van der Waals surface area contributed by atoms with Gasteiger partial charge < -0.3 is 4.79 Å². The summed E-state index contributed by atoms with van der Waals surface area (Å²) in [4.78, 5) is 13.9. The summed E-state index contributed by atoms with van der Waals surface area (Å²) in [6, 6.07) is 5.72. The first kappa shape index (κ1) is 21.8. The summed E-state index contributed by atoms with van der Waals surface area (Å²) in [7, 11) is 0. The van der Waals surface area contributed by atoms with Crippen molar-refractivity contribution in [1.82, 2.24) is 4.98 Å². The topological polar surface area (TPSA) is 30.0 Å². The molecule has 0 aromatic carbocycles. The van der Waals surface area contributed by atoms with Gasteiger partial charge in [-0.2, -0.15) is 0 Å². The molecular weight excluding hydrogens is 282 g/mol. The number of nitrogens with zero attached hydrogens (tertiary/aromatic N) is 1. The summed E-state index contributed by atoms with van der Waals surface area (Å²) >= 11 is 0. The minimum Gasteiger partial charge on any atom is -0.303 e. The van der Waals surface area contributed by atoms with Crippen LogP contribution in [0.3, 0.4) is 0 Å². The van der Waals surface area contributed by atoms with Crippen molar-refractivity contribution in [1.29, 1.82) is 0 Å².